The van der Waals surface area contributed by atoms with Gasteiger partial charge in [0.1, 0.15) is 7.05 Å². The molecule has 2 aromatic heterocycles. The maximum absolute atomic E-state index is 2.37. The van der Waals surface area contributed by atoms with Gasteiger partial charge in [-0.3, -0.25) is 0 Å². The molecule has 0 saturated carbocycles. The lowest BCUT2D eigenvalue weighted by atomic mass is 9.97. The van der Waals surface area contributed by atoms with Crippen LogP contribution in [0.1, 0.15) is 31.4 Å². The predicted octanol–water partition coefficient (Wildman–Crippen LogP) is 5.33. The van der Waals surface area contributed by atoms with Gasteiger partial charge in [-0.1, -0.05) is 50.2 Å². The summed E-state index contributed by atoms with van der Waals surface area (Å²) in [5.74, 6) is 0.716. The Bertz CT molecular complexity index is 1740. The fourth-order valence-corrected chi connectivity index (χ4v) is 5.52. The van der Waals surface area contributed by atoms with Crippen LogP contribution in [0.5, 0.6) is 0 Å². The zero-order chi connectivity index (χ0) is 24.8. The topological polar surface area (TPSA) is 8.81 Å². The summed E-state index contributed by atoms with van der Waals surface area (Å²) in [6, 6.07) is 31.5. The van der Waals surface area contributed by atoms with E-state index in [1.807, 2.05) is 0 Å². The minimum absolute atomic E-state index is 0. The van der Waals surface area contributed by atoms with Crippen molar-refractivity contribution >= 4 is 32.6 Å². The van der Waals surface area contributed by atoms with Crippen LogP contribution in [0.15, 0.2) is 97.3 Å². The maximum atomic E-state index is 2.37. The van der Waals surface area contributed by atoms with Crippen LogP contribution in [0, 0.1) is 12.8 Å². The second-order valence-electron chi connectivity index (χ2n) is 10.6. The molecule has 0 aliphatic rings. The molecule has 0 radical (unpaired) electrons. The van der Waals surface area contributed by atoms with E-state index in [4.69, 9.17) is 0 Å². The Balaban J connectivity index is 0.00000280. The number of hydrogen-bond acceptors (Lipinski definition) is 0. The van der Waals surface area contributed by atoms with E-state index in [2.05, 4.69) is 134 Å². The summed E-state index contributed by atoms with van der Waals surface area (Å²) in [5, 5.41) is 5.19. The van der Waals surface area contributed by atoms with Crippen LogP contribution in [0.3, 0.4) is 0 Å². The summed E-state index contributed by atoms with van der Waals surface area (Å²) in [4.78, 5) is 0. The smallest absolute Gasteiger partial charge is 0.212 e. The van der Waals surface area contributed by atoms with Crippen LogP contribution in [-0.4, -0.2) is 4.57 Å². The number of pyridine rings is 1. The first-order chi connectivity index (χ1) is 17.5. The van der Waals surface area contributed by atoms with Crippen molar-refractivity contribution in [3.63, 3.8) is 0 Å². The van der Waals surface area contributed by atoms with Crippen molar-refractivity contribution in [1.82, 2.24) is 4.57 Å². The van der Waals surface area contributed by atoms with E-state index in [9.17, 15) is 0 Å². The van der Waals surface area contributed by atoms with Gasteiger partial charge in [0.15, 0.2) is 6.20 Å². The Kier molecular flexibility index (Phi) is 6.79. The number of rotatable bonds is 5. The molecule has 4 aromatic carbocycles. The summed E-state index contributed by atoms with van der Waals surface area (Å²) in [5.41, 5.74) is 8.94. The van der Waals surface area contributed by atoms with Gasteiger partial charge in [0.2, 0.25) is 5.52 Å². The van der Waals surface area contributed by atoms with E-state index >= 15 is 0 Å². The number of nitrogens with zero attached hydrogens (tertiary/aromatic N) is 2. The SMILES string of the molecule is Cc1cccc2c[n+](C)c3ccc(-c4ccc5ccn(-c6cccc(CCC(C)C)c6)c5c4)cc3c12.[Cl-]. The van der Waals surface area contributed by atoms with Crippen molar-refractivity contribution in [3.05, 3.63) is 108 Å². The average Bonchev–Trinajstić information content (AvgIpc) is 3.31. The normalized spacial score (nSPS) is 11.5. The lowest BCUT2D eigenvalue weighted by Gasteiger charge is -2.11. The van der Waals surface area contributed by atoms with E-state index in [-0.39, 0.29) is 12.4 Å². The number of aromatic nitrogens is 2. The highest BCUT2D eigenvalue weighted by molar-refractivity contribution is 6.07. The van der Waals surface area contributed by atoms with Gasteiger partial charge in [-0.15, -0.1) is 0 Å². The van der Waals surface area contributed by atoms with Gasteiger partial charge in [0, 0.05) is 28.7 Å². The molecule has 6 aromatic rings. The standard InChI is InChI=1S/C34H33N2.ClH/c1-23(2)11-12-25-8-6-10-30(19-25)36-18-17-26-13-14-28(21-33(26)36)27-15-16-32-31(20-27)34-24(3)7-5-9-29(34)22-35(32)4;/h5-10,13-23H,11-12H2,1-4H3;1H/q+1;/p-1. The molecule has 0 bridgehead atoms. The van der Waals surface area contributed by atoms with E-state index < -0.39 is 0 Å². The zero-order valence-corrected chi connectivity index (χ0v) is 22.8. The molecule has 0 saturated heterocycles. The Hall–Kier alpha value is -3.62. The largest absolute Gasteiger partial charge is 1.00 e. The summed E-state index contributed by atoms with van der Waals surface area (Å²) in [6.07, 6.45) is 6.78. The number of aryl methyl sites for hydroxylation is 3. The Morgan fingerprint density at radius 3 is 2.43 bits per heavy atom. The van der Waals surface area contributed by atoms with Gasteiger partial charge in [0.25, 0.3) is 0 Å². The van der Waals surface area contributed by atoms with Gasteiger partial charge in [-0.2, -0.15) is 0 Å². The molecule has 37 heavy (non-hydrogen) atoms. The summed E-state index contributed by atoms with van der Waals surface area (Å²) in [7, 11) is 2.14. The third-order valence-corrected chi connectivity index (χ3v) is 7.51. The number of fused-ring (bicyclic) bond motifs is 4. The molecular weight excluding hydrogens is 472 g/mol. The fourth-order valence-electron chi connectivity index (χ4n) is 5.52. The van der Waals surface area contributed by atoms with Crippen molar-refractivity contribution < 1.29 is 17.0 Å². The molecule has 0 spiro atoms. The minimum Gasteiger partial charge on any atom is -1.00 e. The van der Waals surface area contributed by atoms with E-state index in [0.29, 0.717) is 5.92 Å². The first-order valence-electron chi connectivity index (χ1n) is 13.0. The quantitative estimate of drug-likeness (QED) is 0.222. The highest BCUT2D eigenvalue weighted by Crippen LogP contribution is 2.32. The second-order valence-corrected chi connectivity index (χ2v) is 10.6. The van der Waals surface area contributed by atoms with Crippen LogP contribution < -0.4 is 17.0 Å². The van der Waals surface area contributed by atoms with Gasteiger partial charge >= 0.3 is 0 Å². The second kappa shape index (κ2) is 10.0. The van der Waals surface area contributed by atoms with E-state index in [0.717, 1.165) is 6.42 Å². The minimum atomic E-state index is 0. The molecule has 3 heteroatoms. The molecule has 0 amide bonds. The summed E-state index contributed by atoms with van der Waals surface area (Å²) >= 11 is 0. The molecule has 0 fully saturated rings. The molecule has 0 atom stereocenters. The van der Waals surface area contributed by atoms with Gasteiger partial charge in [-0.05, 0) is 95.8 Å². The first kappa shape index (κ1) is 25.0. The molecule has 0 unspecified atom stereocenters. The van der Waals surface area contributed by atoms with Crippen LogP contribution in [-0.2, 0) is 13.5 Å². The monoisotopic (exact) mass is 504 g/mol. The highest BCUT2D eigenvalue weighted by Gasteiger charge is 2.14. The van der Waals surface area contributed by atoms with Crippen LogP contribution in [0.2, 0.25) is 0 Å². The Morgan fingerprint density at radius 2 is 1.59 bits per heavy atom. The first-order valence-corrected chi connectivity index (χ1v) is 13.0. The highest BCUT2D eigenvalue weighted by atomic mass is 35.5. The average molecular weight is 505 g/mol. The molecule has 186 valence electrons. The number of benzene rings is 4. The lowest BCUT2D eigenvalue weighted by molar-refractivity contribution is -0.643. The van der Waals surface area contributed by atoms with Crippen LogP contribution in [0.4, 0.5) is 0 Å². The van der Waals surface area contributed by atoms with Crippen LogP contribution >= 0.6 is 0 Å². The fraction of sp³-hybridized carbons (Fsp3) is 0.206. The van der Waals surface area contributed by atoms with E-state index in [1.54, 1.807) is 0 Å². The van der Waals surface area contributed by atoms with Crippen molar-refractivity contribution in [3.8, 4) is 16.8 Å². The molecule has 2 heterocycles. The maximum Gasteiger partial charge on any atom is 0.212 e. The molecular formula is C34H33ClN2. The van der Waals surface area contributed by atoms with Crippen molar-refractivity contribution in [2.24, 2.45) is 13.0 Å². The predicted molar refractivity (Wildman–Crippen MR) is 153 cm³/mol. The molecule has 0 aliphatic heterocycles. The van der Waals surface area contributed by atoms with Crippen LogP contribution in [0.25, 0.3) is 49.4 Å². The summed E-state index contributed by atoms with van der Waals surface area (Å²) in [6.45, 7) is 6.80. The molecule has 6 rings (SSSR count). The van der Waals surface area contributed by atoms with Gasteiger partial charge < -0.3 is 17.0 Å². The van der Waals surface area contributed by atoms with Crippen molar-refractivity contribution in [2.75, 3.05) is 0 Å². The van der Waals surface area contributed by atoms with E-state index in [1.165, 1.54) is 66.9 Å². The number of halogens is 1. The third kappa shape index (κ3) is 4.63. The number of hydrogen-bond donors (Lipinski definition) is 0. The van der Waals surface area contributed by atoms with Crippen molar-refractivity contribution in [1.29, 1.82) is 0 Å². The Labute approximate surface area is 225 Å². The zero-order valence-electron chi connectivity index (χ0n) is 22.0. The lowest BCUT2D eigenvalue weighted by Crippen LogP contribution is -3.00. The van der Waals surface area contributed by atoms with Gasteiger partial charge in [-0.25, -0.2) is 4.57 Å². The molecule has 2 nitrogen and oxygen atoms in total. The molecule has 0 N–H and O–H groups in total. The van der Waals surface area contributed by atoms with Gasteiger partial charge in [0.05, 0.1) is 10.9 Å². The molecule has 0 aliphatic carbocycles. The third-order valence-electron chi connectivity index (χ3n) is 7.51. The van der Waals surface area contributed by atoms with Crippen molar-refractivity contribution in [2.45, 2.75) is 33.6 Å². The Morgan fingerprint density at radius 1 is 0.811 bits per heavy atom. The summed E-state index contributed by atoms with van der Waals surface area (Å²) < 4.78 is 4.57.